The molecule has 0 bridgehead atoms. The second kappa shape index (κ2) is 3.81. The highest BCUT2D eigenvalue weighted by Gasteiger charge is 2.04. The summed E-state index contributed by atoms with van der Waals surface area (Å²) in [7, 11) is 0. The average molecular weight is 218 g/mol. The van der Waals surface area contributed by atoms with E-state index in [9.17, 15) is 4.39 Å². The van der Waals surface area contributed by atoms with Gasteiger partial charge in [-0.1, -0.05) is 6.92 Å². The van der Waals surface area contributed by atoms with E-state index in [0.717, 1.165) is 10.2 Å². The first-order chi connectivity index (χ1) is 5.24. The van der Waals surface area contributed by atoms with Crippen molar-refractivity contribution < 1.29 is 4.39 Å². The predicted molar refractivity (Wildman–Crippen MR) is 46.3 cm³/mol. The molecular weight excluding hydrogens is 209 g/mol. The van der Waals surface area contributed by atoms with Crippen LogP contribution in [0.1, 0.15) is 18.5 Å². The van der Waals surface area contributed by atoms with Crippen LogP contribution in [-0.2, 0) is 0 Å². The first kappa shape index (κ1) is 8.65. The van der Waals surface area contributed by atoms with Gasteiger partial charge in [0.15, 0.2) is 0 Å². The van der Waals surface area contributed by atoms with Gasteiger partial charge in [0.2, 0.25) is 0 Å². The molecular formula is C8H9BrFN. The maximum atomic E-state index is 12.1. The molecule has 0 radical (unpaired) electrons. The Morgan fingerprint density at radius 3 is 2.82 bits per heavy atom. The molecule has 1 heterocycles. The molecule has 0 aliphatic heterocycles. The minimum Gasteiger partial charge on any atom is -0.260 e. The number of aromatic nitrogens is 1. The Balaban J connectivity index is 2.81. The highest BCUT2D eigenvalue weighted by Crippen LogP contribution is 2.15. The first-order valence-corrected chi connectivity index (χ1v) is 4.20. The molecule has 0 saturated carbocycles. The minimum atomic E-state index is -0.353. The standard InChI is InChI=1S/C8H9BrFN/c1-6(4-10)8-3-2-7(9)5-11-8/h2-3,5-6H,4H2,1H3. The molecule has 60 valence electrons. The van der Waals surface area contributed by atoms with Crippen LogP contribution in [0.2, 0.25) is 0 Å². The molecule has 3 heteroatoms. The van der Waals surface area contributed by atoms with Crippen molar-refractivity contribution in [1.82, 2.24) is 4.98 Å². The predicted octanol–water partition coefficient (Wildman–Crippen LogP) is 2.92. The van der Waals surface area contributed by atoms with Crippen LogP contribution in [0, 0.1) is 0 Å². The van der Waals surface area contributed by atoms with Crippen molar-refractivity contribution in [3.63, 3.8) is 0 Å². The van der Waals surface area contributed by atoms with E-state index in [4.69, 9.17) is 0 Å². The van der Waals surface area contributed by atoms with Crippen LogP contribution in [0.25, 0.3) is 0 Å². The average Bonchev–Trinajstić information content (AvgIpc) is 2.05. The summed E-state index contributed by atoms with van der Waals surface area (Å²) in [5.74, 6) is -0.0944. The van der Waals surface area contributed by atoms with Gasteiger partial charge in [0.25, 0.3) is 0 Å². The molecule has 0 aliphatic rings. The molecule has 1 atom stereocenters. The Kier molecular flexibility index (Phi) is 3.00. The van der Waals surface area contributed by atoms with E-state index in [0.29, 0.717) is 0 Å². The maximum absolute atomic E-state index is 12.1. The number of alkyl halides is 1. The molecule has 0 amide bonds. The van der Waals surface area contributed by atoms with Crippen molar-refractivity contribution in [2.45, 2.75) is 12.8 Å². The fraction of sp³-hybridized carbons (Fsp3) is 0.375. The second-order valence-corrected chi connectivity index (χ2v) is 3.37. The molecule has 0 saturated heterocycles. The molecule has 11 heavy (non-hydrogen) atoms. The van der Waals surface area contributed by atoms with Crippen LogP contribution in [0.3, 0.4) is 0 Å². The number of halogens is 2. The van der Waals surface area contributed by atoms with E-state index in [-0.39, 0.29) is 12.6 Å². The fourth-order valence-corrected chi connectivity index (χ4v) is 0.992. The van der Waals surface area contributed by atoms with Crippen molar-refractivity contribution in [3.8, 4) is 0 Å². The molecule has 0 aromatic carbocycles. The van der Waals surface area contributed by atoms with E-state index in [2.05, 4.69) is 20.9 Å². The Bertz CT molecular complexity index is 222. The van der Waals surface area contributed by atoms with Crippen molar-refractivity contribution in [2.24, 2.45) is 0 Å². The zero-order valence-electron chi connectivity index (χ0n) is 6.22. The second-order valence-electron chi connectivity index (χ2n) is 2.46. The minimum absolute atomic E-state index is 0.0944. The van der Waals surface area contributed by atoms with Crippen molar-refractivity contribution in [2.75, 3.05) is 6.67 Å². The van der Waals surface area contributed by atoms with Crippen LogP contribution < -0.4 is 0 Å². The van der Waals surface area contributed by atoms with Crippen LogP contribution in [0.4, 0.5) is 4.39 Å². The lowest BCUT2D eigenvalue weighted by molar-refractivity contribution is 0.442. The summed E-state index contributed by atoms with van der Waals surface area (Å²) in [4.78, 5) is 4.06. The number of rotatable bonds is 2. The number of hydrogen-bond donors (Lipinski definition) is 0. The maximum Gasteiger partial charge on any atom is 0.0975 e. The third-order valence-electron chi connectivity index (χ3n) is 1.49. The summed E-state index contributed by atoms with van der Waals surface area (Å²) in [6.45, 7) is 1.46. The Morgan fingerprint density at radius 2 is 2.36 bits per heavy atom. The van der Waals surface area contributed by atoms with Gasteiger partial charge in [0, 0.05) is 22.3 Å². The monoisotopic (exact) mass is 217 g/mol. The van der Waals surface area contributed by atoms with Crippen LogP contribution >= 0.6 is 15.9 Å². The van der Waals surface area contributed by atoms with Gasteiger partial charge in [0.05, 0.1) is 6.67 Å². The number of pyridine rings is 1. The van der Waals surface area contributed by atoms with Gasteiger partial charge in [-0.15, -0.1) is 0 Å². The van der Waals surface area contributed by atoms with Gasteiger partial charge in [-0.25, -0.2) is 0 Å². The van der Waals surface area contributed by atoms with Gasteiger partial charge in [0.1, 0.15) is 0 Å². The zero-order chi connectivity index (χ0) is 8.27. The van der Waals surface area contributed by atoms with Crippen LogP contribution in [0.5, 0.6) is 0 Å². The number of hydrogen-bond acceptors (Lipinski definition) is 1. The summed E-state index contributed by atoms with van der Waals surface area (Å²) in [6, 6.07) is 3.70. The lowest BCUT2D eigenvalue weighted by atomic mass is 10.1. The van der Waals surface area contributed by atoms with E-state index in [1.807, 2.05) is 19.1 Å². The normalized spacial score (nSPS) is 13.0. The van der Waals surface area contributed by atoms with Gasteiger partial charge in [-0.2, -0.15) is 0 Å². The molecule has 0 spiro atoms. The topological polar surface area (TPSA) is 12.9 Å². The summed E-state index contributed by atoms with van der Waals surface area (Å²) in [5, 5.41) is 0. The highest BCUT2D eigenvalue weighted by molar-refractivity contribution is 9.10. The van der Waals surface area contributed by atoms with E-state index in [1.165, 1.54) is 0 Å². The molecule has 1 rings (SSSR count). The summed E-state index contributed by atoms with van der Waals surface area (Å²) < 4.78 is 13.0. The summed E-state index contributed by atoms with van der Waals surface area (Å²) in [6.07, 6.45) is 1.68. The van der Waals surface area contributed by atoms with Crippen molar-refractivity contribution >= 4 is 15.9 Å². The first-order valence-electron chi connectivity index (χ1n) is 3.41. The van der Waals surface area contributed by atoms with Gasteiger partial charge in [-0.05, 0) is 28.1 Å². The Labute approximate surface area is 73.8 Å². The third-order valence-corrected chi connectivity index (χ3v) is 1.96. The molecule has 1 aromatic rings. The Morgan fingerprint density at radius 1 is 1.64 bits per heavy atom. The Hall–Kier alpha value is -0.440. The molecule has 1 nitrogen and oxygen atoms in total. The SMILES string of the molecule is CC(CF)c1ccc(Br)cn1. The van der Waals surface area contributed by atoms with Gasteiger partial charge < -0.3 is 0 Å². The highest BCUT2D eigenvalue weighted by atomic mass is 79.9. The fourth-order valence-electron chi connectivity index (χ4n) is 0.758. The third kappa shape index (κ3) is 2.26. The smallest absolute Gasteiger partial charge is 0.0975 e. The van der Waals surface area contributed by atoms with Crippen LogP contribution in [0.15, 0.2) is 22.8 Å². The van der Waals surface area contributed by atoms with Gasteiger partial charge >= 0.3 is 0 Å². The van der Waals surface area contributed by atoms with Crippen molar-refractivity contribution in [3.05, 3.63) is 28.5 Å². The molecule has 1 unspecified atom stereocenters. The van der Waals surface area contributed by atoms with Gasteiger partial charge in [-0.3, -0.25) is 9.37 Å². The zero-order valence-corrected chi connectivity index (χ0v) is 7.81. The quantitative estimate of drug-likeness (QED) is 0.743. The van der Waals surface area contributed by atoms with E-state index in [1.54, 1.807) is 6.20 Å². The molecule has 1 aromatic heterocycles. The summed E-state index contributed by atoms with van der Waals surface area (Å²) in [5.41, 5.74) is 0.802. The van der Waals surface area contributed by atoms with E-state index >= 15 is 0 Å². The van der Waals surface area contributed by atoms with Crippen molar-refractivity contribution in [1.29, 1.82) is 0 Å². The lowest BCUT2D eigenvalue weighted by Gasteiger charge is -2.04. The summed E-state index contributed by atoms with van der Waals surface area (Å²) >= 11 is 3.26. The molecule has 0 N–H and O–H groups in total. The van der Waals surface area contributed by atoms with E-state index < -0.39 is 0 Å². The lowest BCUT2D eigenvalue weighted by Crippen LogP contribution is -1.97. The largest absolute Gasteiger partial charge is 0.260 e. The molecule has 0 aliphatic carbocycles. The molecule has 0 fully saturated rings. The van der Waals surface area contributed by atoms with Crippen LogP contribution in [-0.4, -0.2) is 11.7 Å². The number of nitrogens with zero attached hydrogens (tertiary/aromatic N) is 1.